The molecule has 0 spiro atoms. The van der Waals surface area contributed by atoms with Crippen molar-refractivity contribution in [2.45, 2.75) is 6.42 Å². The van der Waals surface area contributed by atoms with E-state index in [2.05, 4.69) is 5.32 Å². The molecule has 0 radical (unpaired) electrons. The topological polar surface area (TPSA) is 86.7 Å². The van der Waals surface area contributed by atoms with E-state index in [4.69, 9.17) is 0 Å². The Morgan fingerprint density at radius 1 is 1.19 bits per heavy atom. The fraction of sp³-hybridized carbons (Fsp3) is 0.105. The number of halogens is 1. The summed E-state index contributed by atoms with van der Waals surface area (Å²) in [5.41, 5.74) is 1.02. The Morgan fingerprint density at radius 2 is 1.93 bits per heavy atom. The first-order valence-corrected chi connectivity index (χ1v) is 8.84. The standard InChI is InChI=1S/C19H15FN2O4S/c20-13-6-4-12(5-7-13)10-16-18(25)22(19(26)27-16)9-8-17(24)21-14-2-1-3-15(23)11-14/h1-7,10-11,23H,8-9H2,(H,21,24)/b16-10-. The van der Waals surface area contributed by atoms with Gasteiger partial charge in [0.1, 0.15) is 11.6 Å². The van der Waals surface area contributed by atoms with Crippen molar-refractivity contribution in [3.05, 3.63) is 64.8 Å². The number of imide groups is 1. The quantitative estimate of drug-likeness (QED) is 0.767. The summed E-state index contributed by atoms with van der Waals surface area (Å²) in [4.78, 5) is 37.7. The largest absolute Gasteiger partial charge is 0.508 e. The number of carbonyl (C=O) groups excluding carboxylic acids is 3. The third kappa shape index (κ3) is 4.73. The zero-order chi connectivity index (χ0) is 19.4. The lowest BCUT2D eigenvalue weighted by atomic mass is 10.2. The molecule has 2 aromatic rings. The number of phenols is 1. The zero-order valence-electron chi connectivity index (χ0n) is 14.0. The lowest BCUT2D eigenvalue weighted by molar-refractivity contribution is -0.123. The number of anilines is 1. The molecular weight excluding hydrogens is 371 g/mol. The summed E-state index contributed by atoms with van der Waals surface area (Å²) in [6.07, 6.45) is 1.44. The molecule has 0 aliphatic carbocycles. The molecule has 1 fully saturated rings. The van der Waals surface area contributed by atoms with Crippen molar-refractivity contribution in [2.75, 3.05) is 11.9 Å². The minimum Gasteiger partial charge on any atom is -0.508 e. The number of nitrogens with one attached hydrogen (secondary N) is 1. The molecule has 27 heavy (non-hydrogen) atoms. The van der Waals surface area contributed by atoms with E-state index < -0.39 is 17.0 Å². The van der Waals surface area contributed by atoms with Gasteiger partial charge in [-0.3, -0.25) is 19.3 Å². The molecule has 2 N–H and O–H groups in total. The number of rotatable bonds is 5. The Hall–Kier alpha value is -3.13. The summed E-state index contributed by atoms with van der Waals surface area (Å²) >= 11 is 0.778. The van der Waals surface area contributed by atoms with Gasteiger partial charge in [0, 0.05) is 24.7 Å². The van der Waals surface area contributed by atoms with Gasteiger partial charge < -0.3 is 10.4 Å². The molecule has 0 bridgehead atoms. The van der Waals surface area contributed by atoms with Crippen LogP contribution in [0.3, 0.4) is 0 Å². The van der Waals surface area contributed by atoms with Crippen LogP contribution >= 0.6 is 11.8 Å². The van der Waals surface area contributed by atoms with Crippen LogP contribution in [0.2, 0.25) is 0 Å². The second kappa shape index (κ2) is 8.05. The average Bonchev–Trinajstić information content (AvgIpc) is 2.88. The zero-order valence-corrected chi connectivity index (χ0v) is 14.8. The van der Waals surface area contributed by atoms with Gasteiger partial charge in [-0.05, 0) is 47.7 Å². The van der Waals surface area contributed by atoms with Crippen LogP contribution in [0.4, 0.5) is 14.9 Å². The first kappa shape index (κ1) is 18.7. The highest BCUT2D eigenvalue weighted by Crippen LogP contribution is 2.32. The number of aromatic hydroxyl groups is 1. The predicted molar refractivity (Wildman–Crippen MR) is 100 cm³/mol. The maximum atomic E-state index is 12.9. The normalized spacial score (nSPS) is 15.4. The van der Waals surface area contributed by atoms with Gasteiger partial charge in [0.15, 0.2) is 0 Å². The number of thioether (sulfide) groups is 1. The number of hydrogen-bond acceptors (Lipinski definition) is 5. The highest BCUT2D eigenvalue weighted by molar-refractivity contribution is 8.18. The van der Waals surface area contributed by atoms with Crippen molar-refractivity contribution in [3.8, 4) is 5.75 Å². The molecule has 1 saturated heterocycles. The van der Waals surface area contributed by atoms with Gasteiger partial charge in [0.05, 0.1) is 4.91 Å². The van der Waals surface area contributed by atoms with Gasteiger partial charge in [-0.15, -0.1) is 0 Å². The summed E-state index contributed by atoms with van der Waals surface area (Å²) < 4.78 is 12.9. The molecule has 0 atom stereocenters. The van der Waals surface area contributed by atoms with Gasteiger partial charge in [-0.25, -0.2) is 4.39 Å². The fourth-order valence-electron chi connectivity index (χ4n) is 2.42. The second-order valence-corrected chi connectivity index (χ2v) is 6.73. The van der Waals surface area contributed by atoms with E-state index >= 15 is 0 Å². The first-order chi connectivity index (χ1) is 12.9. The average molecular weight is 386 g/mol. The first-order valence-electron chi connectivity index (χ1n) is 8.02. The number of benzene rings is 2. The van der Waals surface area contributed by atoms with Crippen LogP contribution in [-0.2, 0) is 9.59 Å². The Balaban J connectivity index is 1.60. The number of amides is 3. The van der Waals surface area contributed by atoms with E-state index in [9.17, 15) is 23.9 Å². The SMILES string of the molecule is O=C(CCN1C(=O)S/C(=C\c2ccc(F)cc2)C1=O)Nc1cccc(O)c1. The number of hydrogen-bond donors (Lipinski definition) is 2. The Labute approximate surface area is 158 Å². The molecule has 0 unspecified atom stereocenters. The highest BCUT2D eigenvalue weighted by Gasteiger charge is 2.35. The summed E-state index contributed by atoms with van der Waals surface area (Å²) in [7, 11) is 0. The Kier molecular flexibility index (Phi) is 5.56. The van der Waals surface area contributed by atoms with Crippen LogP contribution in [0, 0.1) is 5.82 Å². The summed E-state index contributed by atoms with van der Waals surface area (Å²) in [5, 5.41) is 11.5. The molecule has 2 aromatic carbocycles. The molecule has 138 valence electrons. The Bertz CT molecular complexity index is 928. The van der Waals surface area contributed by atoms with Crippen molar-refractivity contribution in [2.24, 2.45) is 0 Å². The molecule has 1 aliphatic heterocycles. The maximum absolute atomic E-state index is 12.9. The van der Waals surface area contributed by atoms with Crippen LogP contribution in [0.5, 0.6) is 5.75 Å². The van der Waals surface area contributed by atoms with Crippen LogP contribution in [0.1, 0.15) is 12.0 Å². The molecule has 0 aromatic heterocycles. The fourth-order valence-corrected chi connectivity index (χ4v) is 3.29. The number of carbonyl (C=O) groups is 3. The Morgan fingerprint density at radius 3 is 2.63 bits per heavy atom. The van der Waals surface area contributed by atoms with E-state index in [-0.39, 0.29) is 29.5 Å². The van der Waals surface area contributed by atoms with Crippen molar-refractivity contribution in [1.29, 1.82) is 0 Å². The molecule has 1 aliphatic rings. The van der Waals surface area contributed by atoms with Crippen molar-refractivity contribution in [3.63, 3.8) is 0 Å². The minimum atomic E-state index is -0.487. The predicted octanol–water partition coefficient (Wildman–Crippen LogP) is 3.60. The molecule has 6 nitrogen and oxygen atoms in total. The molecule has 3 rings (SSSR count). The lowest BCUT2D eigenvalue weighted by Crippen LogP contribution is -2.31. The van der Waals surface area contributed by atoms with Gasteiger partial charge in [-0.1, -0.05) is 18.2 Å². The summed E-state index contributed by atoms with van der Waals surface area (Å²) in [6, 6.07) is 11.6. The summed E-state index contributed by atoms with van der Waals surface area (Å²) in [5.74, 6) is -1.25. The van der Waals surface area contributed by atoms with Crippen LogP contribution in [-0.4, -0.2) is 33.6 Å². The molecule has 1 heterocycles. The van der Waals surface area contributed by atoms with E-state index in [1.807, 2.05) is 0 Å². The van der Waals surface area contributed by atoms with Gasteiger partial charge in [0.2, 0.25) is 5.91 Å². The molecule has 0 saturated carbocycles. The third-order valence-corrected chi connectivity index (χ3v) is 4.64. The highest BCUT2D eigenvalue weighted by atomic mass is 32.2. The van der Waals surface area contributed by atoms with Crippen molar-refractivity contribution >= 4 is 40.6 Å². The van der Waals surface area contributed by atoms with Crippen LogP contribution < -0.4 is 5.32 Å². The minimum absolute atomic E-state index is 0.0182. The maximum Gasteiger partial charge on any atom is 0.293 e. The molecule has 8 heteroatoms. The van der Waals surface area contributed by atoms with Crippen molar-refractivity contribution in [1.82, 2.24) is 4.90 Å². The van der Waals surface area contributed by atoms with Gasteiger partial charge >= 0.3 is 0 Å². The van der Waals surface area contributed by atoms with Crippen LogP contribution in [0.25, 0.3) is 6.08 Å². The van der Waals surface area contributed by atoms with E-state index in [0.717, 1.165) is 16.7 Å². The number of nitrogens with zero attached hydrogens (tertiary/aromatic N) is 1. The third-order valence-electron chi connectivity index (χ3n) is 3.73. The van der Waals surface area contributed by atoms with Crippen molar-refractivity contribution < 1.29 is 23.9 Å². The second-order valence-electron chi connectivity index (χ2n) is 5.73. The van der Waals surface area contributed by atoms with Crippen LogP contribution in [0.15, 0.2) is 53.4 Å². The van der Waals surface area contributed by atoms with Gasteiger partial charge in [0.25, 0.3) is 11.1 Å². The lowest BCUT2D eigenvalue weighted by Gasteiger charge is -2.12. The monoisotopic (exact) mass is 386 g/mol. The van der Waals surface area contributed by atoms with E-state index in [1.54, 1.807) is 12.1 Å². The number of phenolic OH excluding ortho intramolecular Hbond substituents is 1. The summed E-state index contributed by atoms with van der Waals surface area (Å²) in [6.45, 7) is -0.0595. The van der Waals surface area contributed by atoms with E-state index in [0.29, 0.717) is 11.3 Å². The van der Waals surface area contributed by atoms with Gasteiger partial charge in [-0.2, -0.15) is 0 Å². The molecule has 3 amide bonds. The molecular formula is C19H15FN2O4S. The van der Waals surface area contributed by atoms with E-state index in [1.165, 1.54) is 42.5 Å². The smallest absolute Gasteiger partial charge is 0.293 e.